The minimum atomic E-state index is -0.108. The number of likely N-dealkylation sites (tertiary alicyclic amines) is 1. The zero-order valence-electron chi connectivity index (χ0n) is 13.8. The maximum absolute atomic E-state index is 6.77. The number of hydrogen-bond acceptors (Lipinski definition) is 3. The van der Waals surface area contributed by atoms with Gasteiger partial charge in [0.05, 0.1) is 23.0 Å². The lowest BCUT2D eigenvalue weighted by Crippen LogP contribution is -2.54. The molecule has 1 aromatic heterocycles. The van der Waals surface area contributed by atoms with Crippen molar-refractivity contribution in [3.8, 4) is 0 Å². The van der Waals surface area contributed by atoms with Gasteiger partial charge in [-0.05, 0) is 52.6 Å². The van der Waals surface area contributed by atoms with Crippen LogP contribution in [0.4, 0.5) is 0 Å². The van der Waals surface area contributed by atoms with Gasteiger partial charge in [-0.2, -0.15) is 5.10 Å². The van der Waals surface area contributed by atoms with E-state index >= 15 is 0 Å². The number of hydrogen-bond donors (Lipinski definition) is 1. The van der Waals surface area contributed by atoms with Crippen molar-refractivity contribution in [2.24, 2.45) is 5.73 Å². The summed E-state index contributed by atoms with van der Waals surface area (Å²) in [5.74, 6) is 0. The minimum Gasteiger partial charge on any atom is -0.321 e. The molecule has 0 aliphatic carbocycles. The van der Waals surface area contributed by atoms with Gasteiger partial charge in [0.25, 0.3) is 0 Å². The van der Waals surface area contributed by atoms with Crippen molar-refractivity contribution in [1.82, 2.24) is 14.7 Å². The van der Waals surface area contributed by atoms with E-state index in [0.717, 1.165) is 31.6 Å². The second-order valence-electron chi connectivity index (χ2n) is 6.40. The average molecular weight is 313 g/mol. The third-order valence-electron chi connectivity index (χ3n) is 5.11. The first-order valence-electron chi connectivity index (χ1n) is 8.21. The fourth-order valence-electron chi connectivity index (χ4n) is 3.80. The normalized spacial score (nSPS) is 18.6. The molecule has 1 fully saturated rings. The van der Waals surface area contributed by atoms with Crippen molar-refractivity contribution < 1.29 is 0 Å². The van der Waals surface area contributed by atoms with E-state index in [-0.39, 0.29) is 17.6 Å². The van der Waals surface area contributed by atoms with E-state index in [2.05, 4.69) is 37.7 Å². The van der Waals surface area contributed by atoms with E-state index in [1.165, 1.54) is 12.8 Å². The van der Waals surface area contributed by atoms with Crippen LogP contribution in [0, 0.1) is 0 Å². The summed E-state index contributed by atoms with van der Waals surface area (Å²) in [6, 6.07) is 0.159. The highest BCUT2D eigenvalue weighted by atomic mass is 35.5. The first-order chi connectivity index (χ1) is 9.97. The zero-order valence-corrected chi connectivity index (χ0v) is 14.5. The highest BCUT2D eigenvalue weighted by Crippen LogP contribution is 2.40. The van der Waals surface area contributed by atoms with Crippen molar-refractivity contribution in [1.29, 1.82) is 0 Å². The molecule has 0 saturated carbocycles. The number of halogens is 1. The molecule has 2 rings (SSSR count). The molecule has 1 aliphatic heterocycles. The third-order valence-corrected chi connectivity index (χ3v) is 5.40. The fourth-order valence-corrected chi connectivity index (χ4v) is 4.05. The molecule has 1 saturated heterocycles. The molecule has 120 valence electrons. The van der Waals surface area contributed by atoms with E-state index in [1.807, 2.05) is 4.68 Å². The van der Waals surface area contributed by atoms with Crippen LogP contribution in [0.25, 0.3) is 0 Å². The molecule has 0 aromatic carbocycles. The van der Waals surface area contributed by atoms with Gasteiger partial charge in [-0.25, -0.2) is 0 Å². The lowest BCUT2D eigenvalue weighted by Gasteiger charge is -2.45. The Morgan fingerprint density at radius 2 is 1.86 bits per heavy atom. The molecule has 1 aliphatic rings. The Labute approximate surface area is 133 Å². The van der Waals surface area contributed by atoms with Crippen LogP contribution in [0.2, 0.25) is 5.02 Å². The second-order valence-corrected chi connectivity index (χ2v) is 6.81. The third kappa shape index (κ3) is 2.86. The van der Waals surface area contributed by atoms with Crippen LogP contribution in [0.3, 0.4) is 0 Å². The van der Waals surface area contributed by atoms with Gasteiger partial charge in [-0.15, -0.1) is 0 Å². The molecule has 5 heteroatoms. The number of aromatic nitrogens is 2. The van der Waals surface area contributed by atoms with Crippen LogP contribution >= 0.6 is 11.6 Å². The van der Waals surface area contributed by atoms with E-state index < -0.39 is 0 Å². The lowest BCUT2D eigenvalue weighted by molar-refractivity contribution is 0.0730. The summed E-state index contributed by atoms with van der Waals surface area (Å²) in [5.41, 5.74) is 7.74. The van der Waals surface area contributed by atoms with E-state index in [1.54, 1.807) is 6.20 Å². The SMILES string of the molecule is CCC(CC)(C(N)c1c(Cl)cnn1C(C)C)N1CCCC1. The molecular weight excluding hydrogens is 284 g/mol. The Morgan fingerprint density at radius 1 is 1.29 bits per heavy atom. The van der Waals surface area contributed by atoms with Crippen LogP contribution in [0.15, 0.2) is 6.20 Å². The van der Waals surface area contributed by atoms with Gasteiger partial charge in [0.1, 0.15) is 0 Å². The Balaban J connectivity index is 2.43. The summed E-state index contributed by atoms with van der Waals surface area (Å²) in [7, 11) is 0. The van der Waals surface area contributed by atoms with E-state index in [9.17, 15) is 0 Å². The summed E-state index contributed by atoms with van der Waals surface area (Å²) in [6.45, 7) is 11.0. The molecule has 21 heavy (non-hydrogen) atoms. The number of nitrogens with zero attached hydrogens (tertiary/aromatic N) is 3. The predicted molar refractivity (Wildman–Crippen MR) is 88.7 cm³/mol. The van der Waals surface area contributed by atoms with Gasteiger partial charge in [0, 0.05) is 11.6 Å². The Kier molecular flexibility index (Phi) is 5.33. The van der Waals surface area contributed by atoms with Crippen molar-refractivity contribution >= 4 is 11.6 Å². The smallest absolute Gasteiger partial charge is 0.0834 e. The molecule has 0 radical (unpaired) electrons. The monoisotopic (exact) mass is 312 g/mol. The van der Waals surface area contributed by atoms with Crippen LogP contribution in [0.5, 0.6) is 0 Å². The van der Waals surface area contributed by atoms with Crippen LogP contribution in [-0.4, -0.2) is 33.3 Å². The molecule has 2 heterocycles. The minimum absolute atomic E-state index is 0.0210. The molecule has 0 spiro atoms. The summed E-state index contributed by atoms with van der Waals surface area (Å²) in [6.07, 6.45) is 6.34. The molecule has 2 N–H and O–H groups in total. The van der Waals surface area contributed by atoms with Crippen molar-refractivity contribution in [2.45, 2.75) is 71.0 Å². The molecule has 4 nitrogen and oxygen atoms in total. The van der Waals surface area contributed by atoms with Crippen LogP contribution in [-0.2, 0) is 0 Å². The van der Waals surface area contributed by atoms with Gasteiger partial charge in [0.15, 0.2) is 0 Å². The van der Waals surface area contributed by atoms with E-state index in [0.29, 0.717) is 5.02 Å². The first-order valence-corrected chi connectivity index (χ1v) is 8.59. The standard InChI is InChI=1S/C16H29ClN4/c1-5-16(6-2,20-9-7-8-10-20)15(18)14-13(17)11-19-21(14)12(3)4/h11-12,15H,5-10,18H2,1-4H3. The van der Waals surface area contributed by atoms with Gasteiger partial charge in [-0.3, -0.25) is 9.58 Å². The molecule has 1 atom stereocenters. The Morgan fingerprint density at radius 3 is 2.33 bits per heavy atom. The highest BCUT2D eigenvalue weighted by Gasteiger charge is 2.43. The number of nitrogens with two attached hydrogens (primary N) is 1. The molecule has 0 bridgehead atoms. The largest absolute Gasteiger partial charge is 0.321 e. The molecule has 1 unspecified atom stereocenters. The van der Waals surface area contributed by atoms with Gasteiger partial charge < -0.3 is 5.73 Å². The zero-order chi connectivity index (χ0) is 15.6. The average Bonchev–Trinajstić information content (AvgIpc) is 3.10. The molecule has 0 amide bonds. The maximum Gasteiger partial charge on any atom is 0.0834 e. The molecule has 1 aromatic rings. The number of rotatable bonds is 6. The summed E-state index contributed by atoms with van der Waals surface area (Å²) in [5, 5.41) is 5.13. The van der Waals surface area contributed by atoms with Crippen LogP contribution < -0.4 is 5.73 Å². The van der Waals surface area contributed by atoms with Crippen molar-refractivity contribution in [3.63, 3.8) is 0 Å². The lowest BCUT2D eigenvalue weighted by atomic mass is 9.81. The summed E-state index contributed by atoms with van der Waals surface area (Å²) < 4.78 is 1.99. The van der Waals surface area contributed by atoms with Crippen molar-refractivity contribution in [2.75, 3.05) is 13.1 Å². The maximum atomic E-state index is 6.77. The highest BCUT2D eigenvalue weighted by molar-refractivity contribution is 6.31. The quantitative estimate of drug-likeness (QED) is 0.869. The Bertz CT molecular complexity index is 459. The van der Waals surface area contributed by atoms with Gasteiger partial charge >= 0.3 is 0 Å². The van der Waals surface area contributed by atoms with Gasteiger partial charge in [0.2, 0.25) is 0 Å². The molecular formula is C16H29ClN4. The van der Waals surface area contributed by atoms with Gasteiger partial charge in [-0.1, -0.05) is 25.4 Å². The predicted octanol–water partition coefficient (Wildman–Crippen LogP) is 3.77. The topological polar surface area (TPSA) is 47.1 Å². The summed E-state index contributed by atoms with van der Waals surface area (Å²) in [4.78, 5) is 2.58. The fraction of sp³-hybridized carbons (Fsp3) is 0.812. The van der Waals surface area contributed by atoms with Crippen LogP contribution in [0.1, 0.15) is 71.2 Å². The first kappa shape index (κ1) is 16.8. The second kappa shape index (κ2) is 6.67. The summed E-state index contributed by atoms with van der Waals surface area (Å²) >= 11 is 6.43. The Hall–Kier alpha value is -0.580. The van der Waals surface area contributed by atoms with Crippen molar-refractivity contribution in [3.05, 3.63) is 16.9 Å². The van der Waals surface area contributed by atoms with E-state index in [4.69, 9.17) is 17.3 Å².